The molecule has 17 heavy (non-hydrogen) atoms. The van der Waals surface area contributed by atoms with Crippen LogP contribution in [0.5, 0.6) is 0 Å². The summed E-state index contributed by atoms with van der Waals surface area (Å²) in [4.78, 5) is 2.32. The Morgan fingerprint density at radius 3 is 2.71 bits per heavy atom. The Bertz CT molecular complexity index is 423. The summed E-state index contributed by atoms with van der Waals surface area (Å²) in [7, 11) is 2.14. The normalized spacial score (nSPS) is 18.2. The molecule has 3 N–H and O–H groups in total. The van der Waals surface area contributed by atoms with E-state index in [4.69, 9.17) is 11.1 Å². The number of anilines is 1. The van der Waals surface area contributed by atoms with E-state index >= 15 is 0 Å². The van der Waals surface area contributed by atoms with Crippen LogP contribution in [-0.2, 0) is 0 Å². The molecule has 0 aliphatic carbocycles. The molecule has 1 aromatic rings. The summed E-state index contributed by atoms with van der Waals surface area (Å²) in [5.74, 6) is 0.371. The number of aryl methyl sites for hydroxylation is 1. The Hall–Kier alpha value is -1.35. The quantitative estimate of drug-likeness (QED) is 0.609. The van der Waals surface area contributed by atoms with Crippen molar-refractivity contribution >= 4 is 11.4 Å². The van der Waals surface area contributed by atoms with Crippen molar-refractivity contribution in [2.75, 3.05) is 25.9 Å². The molecule has 2 rings (SSSR count). The zero-order valence-corrected chi connectivity index (χ0v) is 10.7. The van der Waals surface area contributed by atoms with Crippen LogP contribution in [0.4, 0.5) is 5.69 Å². The fourth-order valence-electron chi connectivity index (χ4n) is 2.42. The van der Waals surface area contributed by atoms with Crippen molar-refractivity contribution in [1.82, 2.24) is 4.90 Å². The first-order chi connectivity index (χ1) is 8.08. The molecule has 0 saturated carbocycles. The molecule has 0 unspecified atom stereocenters. The van der Waals surface area contributed by atoms with Gasteiger partial charge in [-0.05, 0) is 52.0 Å². The van der Waals surface area contributed by atoms with Gasteiger partial charge in [-0.25, -0.2) is 0 Å². The minimum atomic E-state index is 0. The summed E-state index contributed by atoms with van der Waals surface area (Å²) < 4.78 is 0. The molecule has 1 heterocycles. The third-order valence-electron chi connectivity index (χ3n) is 3.63. The molecule has 1 aliphatic rings. The average Bonchev–Trinajstić information content (AvgIpc) is 2.32. The van der Waals surface area contributed by atoms with Crippen molar-refractivity contribution in [2.45, 2.75) is 19.8 Å². The van der Waals surface area contributed by atoms with Gasteiger partial charge in [-0.2, -0.15) is 0 Å². The molecule has 0 atom stereocenters. The lowest BCUT2D eigenvalue weighted by atomic mass is 9.87. The molecule has 1 aliphatic heterocycles. The lowest BCUT2D eigenvalue weighted by Crippen LogP contribution is -2.33. The monoisotopic (exact) mass is 233 g/mol. The van der Waals surface area contributed by atoms with E-state index in [-0.39, 0.29) is 1.43 Å². The Balaban J connectivity index is 0.00000162. The first kappa shape index (κ1) is 12.1. The summed E-state index contributed by atoms with van der Waals surface area (Å²) in [6.07, 6.45) is 2.14. The summed E-state index contributed by atoms with van der Waals surface area (Å²) in [5, 5.41) is 8.33. The minimum absolute atomic E-state index is 0. The van der Waals surface area contributed by atoms with Crippen molar-refractivity contribution in [3.8, 4) is 0 Å². The van der Waals surface area contributed by atoms with Crippen LogP contribution in [0.1, 0.15) is 25.4 Å². The molecule has 3 nitrogen and oxygen atoms in total. The van der Waals surface area contributed by atoms with E-state index in [2.05, 4.69) is 11.9 Å². The van der Waals surface area contributed by atoms with E-state index in [9.17, 15) is 0 Å². The second-order valence-corrected chi connectivity index (χ2v) is 5.08. The third kappa shape index (κ3) is 2.67. The van der Waals surface area contributed by atoms with Gasteiger partial charge >= 0.3 is 0 Å². The number of nitrogen functional groups attached to an aromatic ring is 1. The molecular formula is C14H23N3. The number of hydrogen-bond donors (Lipinski definition) is 2. The fourth-order valence-corrected chi connectivity index (χ4v) is 2.42. The van der Waals surface area contributed by atoms with Crippen LogP contribution in [0.25, 0.3) is 0 Å². The molecule has 0 aromatic heterocycles. The second-order valence-electron chi connectivity index (χ2n) is 5.08. The van der Waals surface area contributed by atoms with E-state index in [0.717, 1.165) is 42.9 Å². The first-order valence-electron chi connectivity index (χ1n) is 6.21. The summed E-state index contributed by atoms with van der Waals surface area (Å²) >= 11 is 0. The third-order valence-corrected chi connectivity index (χ3v) is 3.63. The molecule has 1 aromatic carbocycles. The van der Waals surface area contributed by atoms with Crippen LogP contribution in [0.3, 0.4) is 0 Å². The predicted octanol–water partition coefficient (Wildman–Crippen LogP) is 2.53. The Labute approximate surface area is 105 Å². The molecule has 1 saturated heterocycles. The fraction of sp³-hybridized carbons (Fsp3) is 0.500. The highest BCUT2D eigenvalue weighted by molar-refractivity contribution is 6.04. The number of piperidine rings is 1. The number of benzene rings is 1. The van der Waals surface area contributed by atoms with Crippen LogP contribution in [0.15, 0.2) is 18.2 Å². The predicted molar refractivity (Wildman–Crippen MR) is 74.8 cm³/mol. The lowest BCUT2D eigenvalue weighted by molar-refractivity contribution is 0.252. The van der Waals surface area contributed by atoms with E-state index in [1.807, 2.05) is 25.1 Å². The van der Waals surface area contributed by atoms with Gasteiger partial charge in [0.15, 0.2) is 0 Å². The van der Waals surface area contributed by atoms with Crippen LogP contribution < -0.4 is 5.73 Å². The van der Waals surface area contributed by atoms with Gasteiger partial charge in [0.05, 0.1) is 0 Å². The highest BCUT2D eigenvalue weighted by Crippen LogP contribution is 2.24. The van der Waals surface area contributed by atoms with Gasteiger partial charge in [0, 0.05) is 24.3 Å². The minimum Gasteiger partial charge on any atom is -0.398 e. The Morgan fingerprint density at radius 2 is 2.06 bits per heavy atom. The maximum Gasteiger partial charge on any atom is 0.0438 e. The number of nitrogens with zero attached hydrogens (tertiary/aromatic N) is 1. The van der Waals surface area contributed by atoms with E-state index in [1.54, 1.807) is 0 Å². The topological polar surface area (TPSA) is 53.1 Å². The van der Waals surface area contributed by atoms with Crippen LogP contribution >= 0.6 is 0 Å². The molecule has 1 fully saturated rings. The van der Waals surface area contributed by atoms with Gasteiger partial charge in [-0.1, -0.05) is 11.6 Å². The highest BCUT2D eigenvalue weighted by atomic mass is 15.1. The van der Waals surface area contributed by atoms with Crippen molar-refractivity contribution in [1.29, 1.82) is 5.41 Å². The van der Waals surface area contributed by atoms with Gasteiger partial charge in [0.25, 0.3) is 0 Å². The van der Waals surface area contributed by atoms with E-state index in [1.165, 1.54) is 5.56 Å². The Kier molecular flexibility index (Phi) is 3.48. The highest BCUT2D eigenvalue weighted by Gasteiger charge is 2.22. The molecule has 3 heteroatoms. The molecule has 0 bridgehead atoms. The smallest absolute Gasteiger partial charge is 0.0438 e. The lowest BCUT2D eigenvalue weighted by Gasteiger charge is -2.29. The number of hydrogen-bond acceptors (Lipinski definition) is 3. The van der Waals surface area contributed by atoms with Crippen molar-refractivity contribution in [3.05, 3.63) is 29.3 Å². The molecule has 0 spiro atoms. The summed E-state index contributed by atoms with van der Waals surface area (Å²) in [5.41, 5.74) is 9.53. The van der Waals surface area contributed by atoms with Gasteiger partial charge < -0.3 is 16.0 Å². The zero-order chi connectivity index (χ0) is 12.4. The van der Waals surface area contributed by atoms with E-state index in [0.29, 0.717) is 5.92 Å². The number of nitrogens with two attached hydrogens (primary N) is 1. The maximum atomic E-state index is 8.33. The summed E-state index contributed by atoms with van der Waals surface area (Å²) in [6.45, 7) is 4.21. The van der Waals surface area contributed by atoms with Crippen molar-refractivity contribution in [3.63, 3.8) is 0 Å². The van der Waals surface area contributed by atoms with E-state index < -0.39 is 0 Å². The number of rotatable bonds is 2. The van der Waals surface area contributed by atoms with Gasteiger partial charge in [0.2, 0.25) is 0 Å². The molecule has 0 amide bonds. The molecule has 94 valence electrons. The van der Waals surface area contributed by atoms with Crippen LogP contribution in [-0.4, -0.2) is 30.7 Å². The number of likely N-dealkylation sites (tertiary alicyclic amines) is 1. The second kappa shape index (κ2) is 4.88. The first-order valence-corrected chi connectivity index (χ1v) is 6.21. The van der Waals surface area contributed by atoms with Gasteiger partial charge in [-0.3, -0.25) is 0 Å². The summed E-state index contributed by atoms with van der Waals surface area (Å²) in [6, 6.07) is 5.95. The molecule has 0 radical (unpaired) electrons. The number of nitrogens with one attached hydrogen (secondary N) is 1. The van der Waals surface area contributed by atoms with Gasteiger partial charge in [0.1, 0.15) is 0 Å². The van der Waals surface area contributed by atoms with Gasteiger partial charge in [-0.15, -0.1) is 0 Å². The maximum absolute atomic E-state index is 8.33. The zero-order valence-electron chi connectivity index (χ0n) is 10.7. The Morgan fingerprint density at radius 1 is 1.41 bits per heavy atom. The van der Waals surface area contributed by atoms with Crippen LogP contribution in [0.2, 0.25) is 0 Å². The molecular weight excluding hydrogens is 210 g/mol. The van der Waals surface area contributed by atoms with Crippen LogP contribution in [0, 0.1) is 18.3 Å². The largest absolute Gasteiger partial charge is 0.398 e. The average molecular weight is 233 g/mol. The van der Waals surface area contributed by atoms with Crippen molar-refractivity contribution in [2.24, 2.45) is 5.92 Å². The standard InChI is InChI=1S/C14H21N3.H2/c1-10-3-4-13(15)12(9-10)14(16)11-5-7-17(2)8-6-11;/h3-4,9,11,16H,5-8,15H2,1-2H3;1H. The van der Waals surface area contributed by atoms with Crippen molar-refractivity contribution < 1.29 is 1.43 Å². The SMILES string of the molecule is Cc1ccc(N)c(C(=N)C2CCN(C)CC2)c1.[HH].